The maximum atomic E-state index is 10.3. The predicted octanol–water partition coefficient (Wildman–Crippen LogP) is 0.756. The first-order valence-corrected chi connectivity index (χ1v) is 3.26. The molecule has 1 heterocycles. The van der Waals surface area contributed by atoms with E-state index in [1.54, 1.807) is 12.3 Å². The fraction of sp³-hybridized carbons (Fsp3) is 0.286. The normalized spacial score (nSPS) is 9.55. The summed E-state index contributed by atoms with van der Waals surface area (Å²) in [5.41, 5.74) is 5.83. The second-order valence-electron chi connectivity index (χ2n) is 2.22. The largest absolute Gasteiger partial charge is 0.469 e. The molecule has 0 bridgehead atoms. The third-order valence-corrected chi connectivity index (χ3v) is 1.42. The predicted molar refractivity (Wildman–Crippen MR) is 39.9 cm³/mol. The highest BCUT2D eigenvalue weighted by Gasteiger charge is 2.00. The third kappa shape index (κ3) is 2.00. The van der Waals surface area contributed by atoms with Gasteiger partial charge >= 0.3 is 6.03 Å². The van der Waals surface area contributed by atoms with Crippen LogP contribution in [0.15, 0.2) is 16.7 Å². The molecule has 0 fully saturated rings. The molecule has 0 radical (unpaired) electrons. The zero-order valence-electron chi connectivity index (χ0n) is 6.26. The van der Waals surface area contributed by atoms with Crippen molar-refractivity contribution in [3.05, 3.63) is 23.7 Å². The summed E-state index contributed by atoms with van der Waals surface area (Å²) in [6.45, 7) is 2.26. The van der Waals surface area contributed by atoms with Crippen LogP contribution in [-0.2, 0) is 6.54 Å². The Morgan fingerprint density at radius 1 is 1.82 bits per heavy atom. The Kier molecular flexibility index (Phi) is 2.15. The second-order valence-corrected chi connectivity index (χ2v) is 2.22. The third-order valence-electron chi connectivity index (χ3n) is 1.42. The number of hydrogen-bond donors (Lipinski definition) is 2. The van der Waals surface area contributed by atoms with Gasteiger partial charge in [-0.25, -0.2) is 4.79 Å². The highest BCUT2D eigenvalue weighted by Crippen LogP contribution is 2.07. The van der Waals surface area contributed by atoms with Crippen LogP contribution in [0.25, 0.3) is 0 Å². The molecule has 0 saturated carbocycles. The minimum absolute atomic E-state index is 0.428. The highest BCUT2D eigenvalue weighted by atomic mass is 16.3. The van der Waals surface area contributed by atoms with E-state index < -0.39 is 6.03 Å². The van der Waals surface area contributed by atoms with Crippen molar-refractivity contribution in [1.29, 1.82) is 0 Å². The lowest BCUT2D eigenvalue weighted by atomic mass is 10.3. The summed E-state index contributed by atoms with van der Waals surface area (Å²) < 4.78 is 5.00. The topological polar surface area (TPSA) is 68.3 Å². The maximum absolute atomic E-state index is 10.3. The first kappa shape index (κ1) is 7.65. The molecule has 2 amide bonds. The Hall–Kier alpha value is -1.45. The van der Waals surface area contributed by atoms with Gasteiger partial charge < -0.3 is 15.5 Å². The Bertz CT molecular complexity index is 255. The average molecular weight is 154 g/mol. The molecule has 0 atom stereocenters. The van der Waals surface area contributed by atoms with E-state index >= 15 is 0 Å². The van der Waals surface area contributed by atoms with Gasteiger partial charge in [-0.1, -0.05) is 0 Å². The summed E-state index contributed by atoms with van der Waals surface area (Å²) in [6.07, 6.45) is 1.58. The molecule has 3 N–H and O–H groups in total. The number of primary amides is 1. The molecule has 1 rings (SSSR count). The molecule has 0 unspecified atom stereocenters. The molecule has 0 spiro atoms. The van der Waals surface area contributed by atoms with Crippen molar-refractivity contribution in [3.8, 4) is 0 Å². The molecule has 4 nitrogen and oxygen atoms in total. The minimum atomic E-state index is -0.523. The Labute approximate surface area is 64.4 Å². The minimum Gasteiger partial charge on any atom is -0.469 e. The van der Waals surface area contributed by atoms with E-state index in [9.17, 15) is 4.79 Å². The lowest BCUT2D eigenvalue weighted by Gasteiger charge is -1.98. The first-order chi connectivity index (χ1) is 5.20. The van der Waals surface area contributed by atoms with Crippen LogP contribution in [0.1, 0.15) is 11.3 Å². The van der Waals surface area contributed by atoms with Gasteiger partial charge in [-0.15, -0.1) is 0 Å². The number of furan rings is 1. The molecule has 0 aliphatic carbocycles. The lowest BCUT2D eigenvalue weighted by molar-refractivity contribution is 0.248. The molecule has 0 aliphatic rings. The van der Waals surface area contributed by atoms with Crippen LogP contribution >= 0.6 is 0 Å². The van der Waals surface area contributed by atoms with Crippen LogP contribution < -0.4 is 11.1 Å². The molecule has 60 valence electrons. The molecular weight excluding hydrogens is 144 g/mol. The van der Waals surface area contributed by atoms with Crippen molar-refractivity contribution in [1.82, 2.24) is 5.32 Å². The van der Waals surface area contributed by atoms with E-state index in [0.717, 1.165) is 11.3 Å². The Morgan fingerprint density at radius 2 is 2.55 bits per heavy atom. The number of carbonyl (C=O) groups is 1. The second kappa shape index (κ2) is 3.09. The fourth-order valence-corrected chi connectivity index (χ4v) is 0.777. The number of rotatable bonds is 2. The van der Waals surface area contributed by atoms with E-state index in [4.69, 9.17) is 10.2 Å². The quantitative estimate of drug-likeness (QED) is 0.660. The van der Waals surface area contributed by atoms with Gasteiger partial charge in [0.15, 0.2) is 0 Å². The van der Waals surface area contributed by atoms with Crippen molar-refractivity contribution in [2.24, 2.45) is 5.73 Å². The van der Waals surface area contributed by atoms with Crippen molar-refractivity contribution >= 4 is 6.03 Å². The van der Waals surface area contributed by atoms with Gasteiger partial charge in [0.2, 0.25) is 0 Å². The average Bonchev–Trinajstić information content (AvgIpc) is 2.31. The Morgan fingerprint density at radius 3 is 3.00 bits per heavy atom. The van der Waals surface area contributed by atoms with Crippen LogP contribution in [0.5, 0.6) is 0 Å². The van der Waals surface area contributed by atoms with Crippen LogP contribution in [0.3, 0.4) is 0 Å². The number of hydrogen-bond acceptors (Lipinski definition) is 2. The summed E-state index contributed by atoms with van der Waals surface area (Å²) in [5, 5.41) is 2.47. The number of aryl methyl sites for hydroxylation is 1. The maximum Gasteiger partial charge on any atom is 0.312 e. The summed E-state index contributed by atoms with van der Waals surface area (Å²) in [7, 11) is 0. The van der Waals surface area contributed by atoms with Gasteiger partial charge in [0.05, 0.1) is 6.26 Å². The van der Waals surface area contributed by atoms with E-state index in [2.05, 4.69) is 5.32 Å². The molecule has 1 aromatic heterocycles. The fourth-order valence-electron chi connectivity index (χ4n) is 0.777. The van der Waals surface area contributed by atoms with E-state index in [-0.39, 0.29) is 0 Å². The number of amides is 2. The first-order valence-electron chi connectivity index (χ1n) is 3.26. The molecule has 0 aliphatic heterocycles. The van der Waals surface area contributed by atoms with Crippen LogP contribution in [0, 0.1) is 6.92 Å². The van der Waals surface area contributed by atoms with Gasteiger partial charge in [-0.3, -0.25) is 0 Å². The van der Waals surface area contributed by atoms with Crippen LogP contribution in [0.2, 0.25) is 0 Å². The van der Waals surface area contributed by atoms with Crippen molar-refractivity contribution in [2.75, 3.05) is 0 Å². The molecule has 0 aromatic carbocycles. The molecular formula is C7H10N2O2. The highest BCUT2D eigenvalue weighted by molar-refractivity contribution is 5.71. The molecule has 1 aromatic rings. The van der Waals surface area contributed by atoms with E-state index in [1.807, 2.05) is 6.92 Å². The number of nitrogens with one attached hydrogen (secondary N) is 1. The van der Waals surface area contributed by atoms with E-state index in [1.165, 1.54) is 0 Å². The lowest BCUT2D eigenvalue weighted by Crippen LogP contribution is -2.28. The summed E-state index contributed by atoms with van der Waals surface area (Å²) in [4.78, 5) is 10.3. The molecule has 11 heavy (non-hydrogen) atoms. The summed E-state index contributed by atoms with van der Waals surface area (Å²) in [6, 6.07) is 1.27. The SMILES string of the molecule is Cc1occc1CNC(N)=O. The smallest absolute Gasteiger partial charge is 0.312 e. The summed E-state index contributed by atoms with van der Waals surface area (Å²) >= 11 is 0. The Balaban J connectivity index is 2.51. The van der Waals surface area contributed by atoms with Crippen molar-refractivity contribution in [3.63, 3.8) is 0 Å². The van der Waals surface area contributed by atoms with Gasteiger partial charge in [0.25, 0.3) is 0 Å². The number of carbonyl (C=O) groups excluding carboxylic acids is 1. The van der Waals surface area contributed by atoms with Crippen LogP contribution in [-0.4, -0.2) is 6.03 Å². The molecule has 4 heteroatoms. The van der Waals surface area contributed by atoms with Crippen molar-refractivity contribution in [2.45, 2.75) is 13.5 Å². The summed E-state index contributed by atoms with van der Waals surface area (Å²) in [5.74, 6) is 0.804. The zero-order chi connectivity index (χ0) is 8.27. The van der Waals surface area contributed by atoms with Gasteiger partial charge in [-0.2, -0.15) is 0 Å². The van der Waals surface area contributed by atoms with Gasteiger partial charge in [0, 0.05) is 12.1 Å². The zero-order valence-corrected chi connectivity index (χ0v) is 6.26. The van der Waals surface area contributed by atoms with Crippen molar-refractivity contribution < 1.29 is 9.21 Å². The number of nitrogens with two attached hydrogens (primary N) is 1. The number of urea groups is 1. The van der Waals surface area contributed by atoms with Crippen LogP contribution in [0.4, 0.5) is 4.79 Å². The van der Waals surface area contributed by atoms with E-state index in [0.29, 0.717) is 6.54 Å². The molecule has 0 saturated heterocycles. The monoisotopic (exact) mass is 154 g/mol. The standard InChI is InChI=1S/C7H10N2O2/c1-5-6(2-3-11-5)4-9-7(8)10/h2-3H,4H2,1H3,(H3,8,9,10). The van der Waals surface area contributed by atoms with Gasteiger partial charge in [0.1, 0.15) is 5.76 Å². The van der Waals surface area contributed by atoms with Gasteiger partial charge in [-0.05, 0) is 13.0 Å².